The van der Waals surface area contributed by atoms with Crippen LogP contribution in [0.1, 0.15) is 62.5 Å². The molecule has 0 unspecified atom stereocenters. The maximum absolute atomic E-state index is 12.8. The number of rotatable bonds is 4. The molecule has 3 rings (SSSR count). The summed E-state index contributed by atoms with van der Waals surface area (Å²) in [5, 5.41) is 0. The minimum absolute atomic E-state index is 0.0691. The lowest BCUT2D eigenvalue weighted by Crippen LogP contribution is -2.36. The molecule has 0 atom stereocenters. The molecule has 0 amide bonds. The van der Waals surface area contributed by atoms with Gasteiger partial charge in [-0.25, -0.2) is 0 Å². The third kappa shape index (κ3) is 3.95. The Morgan fingerprint density at radius 1 is 1.11 bits per heavy atom. The highest BCUT2D eigenvalue weighted by Gasteiger charge is 2.38. The van der Waals surface area contributed by atoms with Crippen molar-refractivity contribution in [2.75, 3.05) is 7.11 Å². The predicted octanol–water partition coefficient (Wildman–Crippen LogP) is 5.32. The highest BCUT2D eigenvalue weighted by Crippen LogP contribution is 2.50. The average molecular weight is 368 g/mol. The molecule has 0 fully saturated rings. The molecule has 0 N–H and O–H groups in total. The van der Waals surface area contributed by atoms with Crippen LogP contribution in [0.15, 0.2) is 36.4 Å². The minimum atomic E-state index is -0.572. The summed E-state index contributed by atoms with van der Waals surface area (Å²) in [7, 11) is 1.59. The van der Waals surface area contributed by atoms with E-state index in [1.165, 1.54) is 0 Å². The molecular weight excluding hydrogens is 340 g/mol. The van der Waals surface area contributed by atoms with E-state index in [0.717, 1.165) is 11.1 Å². The summed E-state index contributed by atoms with van der Waals surface area (Å²) in [4.78, 5) is 12.8. The standard InChI is InChI=1S/C23H28O4/c1-22(2,3)17-12-16-18(24)13-23(4,5)27-19(16)21(25-6)20(17)26-14-15-10-8-7-9-11-15/h7-12H,13-14H2,1-6H3. The van der Waals surface area contributed by atoms with E-state index in [2.05, 4.69) is 20.8 Å². The number of hydrogen-bond acceptors (Lipinski definition) is 4. The van der Waals surface area contributed by atoms with Gasteiger partial charge >= 0.3 is 0 Å². The first kappa shape index (κ1) is 19.3. The molecule has 0 saturated heterocycles. The van der Waals surface area contributed by atoms with Crippen molar-refractivity contribution in [2.45, 2.75) is 58.7 Å². The Labute approximate surface area is 161 Å². The van der Waals surface area contributed by atoms with Crippen molar-refractivity contribution in [3.8, 4) is 17.2 Å². The van der Waals surface area contributed by atoms with E-state index in [9.17, 15) is 4.79 Å². The molecule has 0 aliphatic carbocycles. The predicted molar refractivity (Wildman–Crippen MR) is 106 cm³/mol. The van der Waals surface area contributed by atoms with Crippen LogP contribution in [-0.4, -0.2) is 18.5 Å². The molecule has 2 aromatic carbocycles. The van der Waals surface area contributed by atoms with Crippen LogP contribution in [0.25, 0.3) is 0 Å². The zero-order valence-corrected chi connectivity index (χ0v) is 17.0. The molecule has 4 nitrogen and oxygen atoms in total. The summed E-state index contributed by atoms with van der Waals surface area (Å²) in [5.74, 6) is 1.68. The van der Waals surface area contributed by atoms with E-state index >= 15 is 0 Å². The van der Waals surface area contributed by atoms with Gasteiger partial charge in [0, 0.05) is 5.56 Å². The Balaban J connectivity index is 2.13. The quantitative estimate of drug-likeness (QED) is 0.733. The molecule has 0 saturated carbocycles. The van der Waals surface area contributed by atoms with Gasteiger partial charge in [0.15, 0.2) is 17.3 Å². The smallest absolute Gasteiger partial charge is 0.204 e. The fourth-order valence-electron chi connectivity index (χ4n) is 3.34. The summed E-state index contributed by atoms with van der Waals surface area (Å²) < 4.78 is 18.1. The average Bonchev–Trinajstić information content (AvgIpc) is 2.58. The molecule has 144 valence electrons. The van der Waals surface area contributed by atoms with E-state index in [1.807, 2.05) is 50.2 Å². The third-order valence-electron chi connectivity index (χ3n) is 4.69. The maximum Gasteiger partial charge on any atom is 0.204 e. The number of ether oxygens (including phenoxy) is 3. The second kappa shape index (κ2) is 6.91. The molecule has 0 aromatic heterocycles. The topological polar surface area (TPSA) is 44.8 Å². The van der Waals surface area contributed by atoms with Crippen LogP contribution in [0.3, 0.4) is 0 Å². The van der Waals surface area contributed by atoms with Crippen LogP contribution < -0.4 is 14.2 Å². The number of carbonyl (C=O) groups is 1. The lowest BCUT2D eigenvalue weighted by atomic mass is 9.82. The molecule has 0 spiro atoms. The number of hydrogen-bond donors (Lipinski definition) is 0. The number of benzene rings is 2. The van der Waals surface area contributed by atoms with Crippen LogP contribution in [-0.2, 0) is 12.0 Å². The zero-order valence-electron chi connectivity index (χ0n) is 17.0. The molecule has 0 radical (unpaired) electrons. The fraction of sp³-hybridized carbons (Fsp3) is 0.435. The van der Waals surface area contributed by atoms with E-state index in [1.54, 1.807) is 7.11 Å². The monoisotopic (exact) mass is 368 g/mol. The first-order valence-electron chi connectivity index (χ1n) is 9.27. The van der Waals surface area contributed by atoms with Crippen molar-refractivity contribution in [1.82, 2.24) is 0 Å². The van der Waals surface area contributed by atoms with E-state index in [-0.39, 0.29) is 11.2 Å². The van der Waals surface area contributed by atoms with Crippen molar-refractivity contribution < 1.29 is 19.0 Å². The largest absolute Gasteiger partial charge is 0.490 e. The van der Waals surface area contributed by atoms with Crippen molar-refractivity contribution in [2.24, 2.45) is 0 Å². The van der Waals surface area contributed by atoms with Gasteiger partial charge < -0.3 is 14.2 Å². The first-order valence-corrected chi connectivity index (χ1v) is 9.27. The number of carbonyl (C=O) groups excluding carboxylic acids is 1. The normalized spacial score (nSPS) is 15.7. The van der Waals surface area contributed by atoms with Crippen LogP contribution in [0, 0.1) is 0 Å². The van der Waals surface area contributed by atoms with Gasteiger partial charge in [-0.15, -0.1) is 0 Å². The Morgan fingerprint density at radius 3 is 2.37 bits per heavy atom. The lowest BCUT2D eigenvalue weighted by molar-refractivity contribution is 0.0596. The Kier molecular flexibility index (Phi) is 4.94. The lowest BCUT2D eigenvalue weighted by Gasteiger charge is -2.35. The van der Waals surface area contributed by atoms with Crippen LogP contribution in [0.4, 0.5) is 0 Å². The van der Waals surface area contributed by atoms with Gasteiger partial charge in [0.1, 0.15) is 12.2 Å². The summed E-state index contributed by atoms with van der Waals surface area (Å²) >= 11 is 0. The Morgan fingerprint density at radius 2 is 1.78 bits per heavy atom. The number of methoxy groups -OCH3 is 1. The third-order valence-corrected chi connectivity index (χ3v) is 4.69. The van der Waals surface area contributed by atoms with Gasteiger partial charge in [0.2, 0.25) is 5.75 Å². The molecule has 2 aromatic rings. The van der Waals surface area contributed by atoms with Gasteiger partial charge in [0.25, 0.3) is 0 Å². The number of Topliss-reactive ketones (excluding diaryl/α,β-unsaturated/α-hetero) is 1. The van der Waals surface area contributed by atoms with Gasteiger partial charge in [-0.2, -0.15) is 0 Å². The highest BCUT2D eigenvalue weighted by molar-refractivity contribution is 6.02. The molecule has 27 heavy (non-hydrogen) atoms. The zero-order chi connectivity index (χ0) is 19.8. The van der Waals surface area contributed by atoms with Crippen molar-refractivity contribution in [1.29, 1.82) is 0 Å². The van der Waals surface area contributed by atoms with Crippen LogP contribution in [0.2, 0.25) is 0 Å². The molecule has 0 bridgehead atoms. The van der Waals surface area contributed by atoms with Crippen molar-refractivity contribution in [3.63, 3.8) is 0 Å². The minimum Gasteiger partial charge on any atom is -0.490 e. The van der Waals surface area contributed by atoms with Gasteiger partial charge in [-0.05, 0) is 30.9 Å². The van der Waals surface area contributed by atoms with Crippen LogP contribution in [0.5, 0.6) is 17.2 Å². The number of fused-ring (bicyclic) bond motifs is 1. The molecule has 4 heteroatoms. The second-order valence-electron chi connectivity index (χ2n) is 8.65. The van der Waals surface area contributed by atoms with Gasteiger partial charge in [-0.3, -0.25) is 4.79 Å². The highest BCUT2D eigenvalue weighted by atomic mass is 16.5. The molecule has 1 aliphatic heterocycles. The van der Waals surface area contributed by atoms with E-state index in [4.69, 9.17) is 14.2 Å². The Hall–Kier alpha value is -2.49. The van der Waals surface area contributed by atoms with E-state index in [0.29, 0.717) is 35.8 Å². The van der Waals surface area contributed by atoms with Crippen molar-refractivity contribution in [3.05, 3.63) is 53.1 Å². The fourth-order valence-corrected chi connectivity index (χ4v) is 3.34. The molecular formula is C23H28O4. The summed E-state index contributed by atoms with van der Waals surface area (Å²) in [6.45, 7) is 10.5. The van der Waals surface area contributed by atoms with Crippen LogP contribution >= 0.6 is 0 Å². The van der Waals surface area contributed by atoms with Crippen molar-refractivity contribution >= 4 is 5.78 Å². The summed E-state index contributed by atoms with van der Waals surface area (Å²) in [6, 6.07) is 11.9. The van der Waals surface area contributed by atoms with Gasteiger partial charge in [-0.1, -0.05) is 51.1 Å². The maximum atomic E-state index is 12.8. The van der Waals surface area contributed by atoms with E-state index < -0.39 is 5.60 Å². The Bertz CT molecular complexity index is 845. The summed E-state index contributed by atoms with van der Waals surface area (Å²) in [5.41, 5.74) is 1.78. The number of ketones is 1. The molecule has 1 heterocycles. The second-order valence-corrected chi connectivity index (χ2v) is 8.65. The summed E-state index contributed by atoms with van der Waals surface area (Å²) in [6.07, 6.45) is 0.344. The SMILES string of the molecule is COc1c2c(cc(C(C)(C)C)c1OCc1ccccc1)C(=O)CC(C)(C)O2. The van der Waals surface area contributed by atoms with Gasteiger partial charge in [0.05, 0.1) is 19.1 Å². The molecule has 1 aliphatic rings. The first-order chi connectivity index (χ1) is 12.6.